The second-order valence-electron chi connectivity index (χ2n) is 5.93. The number of methoxy groups -OCH3 is 1. The van der Waals surface area contributed by atoms with E-state index in [0.717, 1.165) is 24.8 Å². The number of hydrogen-bond acceptors (Lipinski definition) is 4. The molecule has 132 valence electrons. The van der Waals surface area contributed by atoms with Crippen LogP contribution >= 0.6 is 0 Å². The van der Waals surface area contributed by atoms with Gasteiger partial charge in [-0.1, -0.05) is 49.7 Å². The van der Waals surface area contributed by atoms with Gasteiger partial charge in [0, 0.05) is 12.7 Å². The summed E-state index contributed by atoms with van der Waals surface area (Å²) in [6.07, 6.45) is 3.28. The third-order valence-corrected chi connectivity index (χ3v) is 3.90. The molecule has 25 heavy (non-hydrogen) atoms. The number of esters is 1. The Morgan fingerprint density at radius 1 is 0.960 bits per heavy atom. The minimum atomic E-state index is -0.508. The quantitative estimate of drug-likeness (QED) is 0.507. The van der Waals surface area contributed by atoms with E-state index >= 15 is 0 Å². The zero-order valence-corrected chi connectivity index (χ0v) is 14.8. The third-order valence-electron chi connectivity index (χ3n) is 3.90. The Bertz CT molecular complexity index is 704. The maximum absolute atomic E-state index is 12.2. The van der Waals surface area contributed by atoms with Crippen LogP contribution in [0.25, 0.3) is 0 Å². The average Bonchev–Trinajstić information content (AvgIpc) is 2.65. The molecule has 0 aliphatic rings. The molecule has 0 N–H and O–H groups in total. The van der Waals surface area contributed by atoms with Crippen LogP contribution in [0, 0.1) is 0 Å². The summed E-state index contributed by atoms with van der Waals surface area (Å²) in [6, 6.07) is 14.5. The Morgan fingerprint density at radius 2 is 1.72 bits per heavy atom. The first kappa shape index (κ1) is 18.9. The van der Waals surface area contributed by atoms with Crippen molar-refractivity contribution in [1.29, 1.82) is 0 Å². The molecule has 2 rings (SSSR count). The lowest BCUT2D eigenvalue weighted by Gasteiger charge is -2.07. The van der Waals surface area contributed by atoms with Crippen molar-refractivity contribution in [3.05, 3.63) is 70.8 Å². The number of ether oxygens (including phenoxy) is 2. The second kappa shape index (κ2) is 9.74. The van der Waals surface area contributed by atoms with Gasteiger partial charge in [0.25, 0.3) is 0 Å². The van der Waals surface area contributed by atoms with Crippen molar-refractivity contribution >= 4 is 11.8 Å². The molecule has 2 aromatic rings. The van der Waals surface area contributed by atoms with E-state index in [2.05, 4.69) is 6.92 Å². The van der Waals surface area contributed by atoms with Crippen LogP contribution in [0.4, 0.5) is 0 Å². The van der Waals surface area contributed by atoms with Crippen LogP contribution in [0.3, 0.4) is 0 Å². The zero-order chi connectivity index (χ0) is 18.1. The lowest BCUT2D eigenvalue weighted by Crippen LogP contribution is -2.14. The summed E-state index contributed by atoms with van der Waals surface area (Å²) in [5, 5.41) is 0. The number of ketones is 1. The highest BCUT2D eigenvalue weighted by Crippen LogP contribution is 2.11. The number of Topliss-reactive ketones (excluding diaryl/α,β-unsaturated/α-hetero) is 1. The number of hydrogen-bond donors (Lipinski definition) is 0. The van der Waals surface area contributed by atoms with E-state index in [4.69, 9.17) is 9.47 Å². The fourth-order valence-electron chi connectivity index (χ4n) is 2.49. The molecule has 2 aromatic carbocycles. The van der Waals surface area contributed by atoms with Crippen molar-refractivity contribution in [2.75, 3.05) is 13.7 Å². The number of unbranched alkanes of at least 4 members (excludes halogenated alkanes) is 1. The van der Waals surface area contributed by atoms with Gasteiger partial charge in [-0.2, -0.15) is 0 Å². The highest BCUT2D eigenvalue weighted by molar-refractivity contribution is 5.99. The van der Waals surface area contributed by atoms with Gasteiger partial charge in [0.1, 0.15) is 0 Å². The van der Waals surface area contributed by atoms with Crippen LogP contribution in [0.15, 0.2) is 48.5 Å². The van der Waals surface area contributed by atoms with Crippen LogP contribution in [-0.2, 0) is 22.5 Å². The normalized spacial score (nSPS) is 10.5. The molecule has 0 atom stereocenters. The predicted octanol–water partition coefficient (Wildman–Crippen LogP) is 4.22. The summed E-state index contributed by atoms with van der Waals surface area (Å²) in [6.45, 7) is 2.31. The maximum Gasteiger partial charge on any atom is 0.338 e. The van der Waals surface area contributed by atoms with E-state index in [1.807, 2.05) is 18.2 Å². The second-order valence-corrected chi connectivity index (χ2v) is 5.93. The van der Waals surface area contributed by atoms with Crippen molar-refractivity contribution in [2.24, 2.45) is 0 Å². The van der Waals surface area contributed by atoms with Crippen molar-refractivity contribution < 1.29 is 19.1 Å². The molecule has 0 aliphatic heterocycles. The van der Waals surface area contributed by atoms with Crippen molar-refractivity contribution in [1.82, 2.24) is 0 Å². The van der Waals surface area contributed by atoms with E-state index in [9.17, 15) is 9.59 Å². The molecule has 4 nitrogen and oxygen atoms in total. The van der Waals surface area contributed by atoms with Crippen LogP contribution in [-0.4, -0.2) is 25.5 Å². The van der Waals surface area contributed by atoms with Gasteiger partial charge < -0.3 is 9.47 Å². The summed E-state index contributed by atoms with van der Waals surface area (Å²) in [5.74, 6) is -0.714. The van der Waals surface area contributed by atoms with E-state index in [0.29, 0.717) is 17.7 Å². The third kappa shape index (κ3) is 5.84. The molecule has 0 heterocycles. The molecule has 0 saturated heterocycles. The molecular weight excluding hydrogens is 316 g/mol. The molecule has 0 fully saturated rings. The number of carbonyl (C=O) groups is 2. The van der Waals surface area contributed by atoms with Crippen LogP contribution in [0.1, 0.15) is 51.6 Å². The molecule has 0 aromatic heterocycles. The summed E-state index contributed by atoms with van der Waals surface area (Å²) in [7, 11) is 1.59. The molecule has 4 heteroatoms. The number of carbonyl (C=O) groups excluding carboxylic acids is 2. The first-order chi connectivity index (χ1) is 12.1. The average molecular weight is 340 g/mol. The van der Waals surface area contributed by atoms with Crippen LogP contribution in [0.5, 0.6) is 0 Å². The number of benzene rings is 2. The fraction of sp³-hybridized carbons (Fsp3) is 0.333. The fourth-order valence-corrected chi connectivity index (χ4v) is 2.49. The lowest BCUT2D eigenvalue weighted by atomic mass is 10.0. The largest absolute Gasteiger partial charge is 0.454 e. The number of aryl methyl sites for hydroxylation is 1. The van der Waals surface area contributed by atoms with Crippen molar-refractivity contribution in [3.8, 4) is 0 Å². The highest BCUT2D eigenvalue weighted by Gasteiger charge is 2.12. The summed E-state index contributed by atoms with van der Waals surface area (Å²) >= 11 is 0. The molecule has 0 unspecified atom stereocenters. The highest BCUT2D eigenvalue weighted by atomic mass is 16.5. The van der Waals surface area contributed by atoms with Crippen LogP contribution < -0.4 is 0 Å². The molecule has 0 aliphatic carbocycles. The first-order valence-corrected chi connectivity index (χ1v) is 8.51. The Balaban J connectivity index is 1.90. The maximum atomic E-state index is 12.2. The standard InChI is InChI=1S/C21H24O4/c1-3-4-6-16-9-11-18(12-10-16)20(22)15-25-21(23)19-8-5-7-17(13-19)14-24-2/h5,7-13H,3-4,6,14-15H2,1-2H3. The van der Waals surface area contributed by atoms with Gasteiger partial charge in [0.15, 0.2) is 12.4 Å². The first-order valence-electron chi connectivity index (χ1n) is 8.51. The molecular formula is C21H24O4. The van der Waals surface area contributed by atoms with Gasteiger partial charge in [-0.25, -0.2) is 4.79 Å². The van der Waals surface area contributed by atoms with Gasteiger partial charge in [-0.05, 0) is 36.1 Å². The molecule has 0 bridgehead atoms. The Morgan fingerprint density at radius 3 is 2.40 bits per heavy atom. The van der Waals surface area contributed by atoms with E-state index < -0.39 is 5.97 Å². The van der Waals surface area contributed by atoms with Crippen molar-refractivity contribution in [3.63, 3.8) is 0 Å². The van der Waals surface area contributed by atoms with Gasteiger partial charge in [0.05, 0.1) is 12.2 Å². The van der Waals surface area contributed by atoms with E-state index in [-0.39, 0.29) is 12.4 Å². The lowest BCUT2D eigenvalue weighted by molar-refractivity contribution is 0.0474. The van der Waals surface area contributed by atoms with E-state index in [1.54, 1.807) is 37.4 Å². The van der Waals surface area contributed by atoms with E-state index in [1.165, 1.54) is 5.56 Å². The van der Waals surface area contributed by atoms with Gasteiger partial charge in [-0.15, -0.1) is 0 Å². The minimum Gasteiger partial charge on any atom is -0.454 e. The summed E-state index contributed by atoms with van der Waals surface area (Å²) in [4.78, 5) is 24.3. The topological polar surface area (TPSA) is 52.6 Å². The van der Waals surface area contributed by atoms with Crippen molar-refractivity contribution in [2.45, 2.75) is 32.8 Å². The smallest absolute Gasteiger partial charge is 0.338 e. The monoisotopic (exact) mass is 340 g/mol. The molecule has 0 spiro atoms. The predicted molar refractivity (Wildman–Crippen MR) is 96.8 cm³/mol. The Labute approximate surface area is 148 Å². The summed E-state index contributed by atoms with van der Waals surface area (Å²) < 4.78 is 10.2. The van der Waals surface area contributed by atoms with Gasteiger partial charge in [-0.3, -0.25) is 4.79 Å². The minimum absolute atomic E-state index is 0.205. The summed E-state index contributed by atoms with van der Waals surface area (Å²) in [5.41, 5.74) is 3.06. The molecule has 0 radical (unpaired) electrons. The van der Waals surface area contributed by atoms with Crippen LogP contribution in [0.2, 0.25) is 0 Å². The Hall–Kier alpha value is -2.46. The Kier molecular flexibility index (Phi) is 7.36. The molecule has 0 amide bonds. The number of rotatable bonds is 9. The zero-order valence-electron chi connectivity index (χ0n) is 14.8. The van der Waals surface area contributed by atoms with Gasteiger partial charge >= 0.3 is 5.97 Å². The van der Waals surface area contributed by atoms with Gasteiger partial charge in [0.2, 0.25) is 0 Å². The molecule has 0 saturated carbocycles. The SMILES string of the molecule is CCCCc1ccc(C(=O)COC(=O)c2cccc(COC)c2)cc1.